The summed E-state index contributed by atoms with van der Waals surface area (Å²) in [5.41, 5.74) is 1.11. The van der Waals surface area contributed by atoms with E-state index < -0.39 is 0 Å². The van der Waals surface area contributed by atoms with Crippen molar-refractivity contribution in [2.24, 2.45) is 5.92 Å². The normalized spacial score (nSPS) is 20.1. The van der Waals surface area contributed by atoms with E-state index in [1.165, 1.54) is 32.1 Å². The molecule has 1 aromatic heterocycles. The van der Waals surface area contributed by atoms with Gasteiger partial charge in [0.05, 0.1) is 6.10 Å². The number of hydrogen-bond donors (Lipinski definition) is 2. The quantitative estimate of drug-likeness (QED) is 0.838. The molecule has 2 rings (SSSR count). The van der Waals surface area contributed by atoms with Crippen LogP contribution >= 0.6 is 0 Å². The Labute approximate surface area is 122 Å². The molecule has 2 atom stereocenters. The molecule has 20 heavy (non-hydrogen) atoms. The number of aliphatic hydroxyl groups is 1. The van der Waals surface area contributed by atoms with Gasteiger partial charge < -0.3 is 10.4 Å². The number of nitrogens with one attached hydrogen (secondary N) is 1. The Kier molecular flexibility index (Phi) is 6.22. The molecule has 0 amide bonds. The van der Waals surface area contributed by atoms with Crippen molar-refractivity contribution in [3.8, 4) is 0 Å². The largest absolute Gasteiger partial charge is 0.392 e. The predicted molar refractivity (Wildman–Crippen MR) is 83.3 cm³/mol. The molecular weight excluding hydrogens is 248 g/mol. The van der Waals surface area contributed by atoms with Gasteiger partial charge >= 0.3 is 0 Å². The summed E-state index contributed by atoms with van der Waals surface area (Å²) in [5.74, 6) is 0.491. The molecule has 0 spiro atoms. The van der Waals surface area contributed by atoms with Crippen molar-refractivity contribution < 1.29 is 5.11 Å². The van der Waals surface area contributed by atoms with Gasteiger partial charge in [0.1, 0.15) is 0 Å². The van der Waals surface area contributed by atoms with Gasteiger partial charge in [-0.05, 0) is 37.3 Å². The highest BCUT2D eigenvalue weighted by atomic mass is 16.3. The predicted octanol–water partition coefficient (Wildman–Crippen LogP) is 3.01. The van der Waals surface area contributed by atoms with Gasteiger partial charge in [0.15, 0.2) is 0 Å². The number of aliphatic hydroxyl groups excluding tert-OH is 1. The molecule has 3 heteroatoms. The van der Waals surface area contributed by atoms with Crippen molar-refractivity contribution in [3.63, 3.8) is 0 Å². The Morgan fingerprint density at radius 1 is 1.40 bits per heavy atom. The molecule has 0 bridgehead atoms. The van der Waals surface area contributed by atoms with Gasteiger partial charge in [-0.3, -0.25) is 4.98 Å². The lowest BCUT2D eigenvalue weighted by Gasteiger charge is -2.27. The number of nitrogens with zero attached hydrogens (tertiary/aromatic N) is 1. The lowest BCUT2D eigenvalue weighted by Crippen LogP contribution is -2.37. The van der Waals surface area contributed by atoms with Crippen LogP contribution in [0.3, 0.4) is 0 Å². The van der Waals surface area contributed by atoms with Gasteiger partial charge in [-0.2, -0.15) is 0 Å². The van der Waals surface area contributed by atoms with Crippen LogP contribution < -0.4 is 5.32 Å². The van der Waals surface area contributed by atoms with Crippen LogP contribution in [0.15, 0.2) is 30.6 Å². The monoisotopic (exact) mass is 274 g/mol. The maximum absolute atomic E-state index is 10.2. The van der Waals surface area contributed by atoms with Gasteiger partial charge in [-0.25, -0.2) is 0 Å². The van der Waals surface area contributed by atoms with Crippen molar-refractivity contribution in [1.82, 2.24) is 10.3 Å². The van der Waals surface area contributed by atoms with E-state index in [1.807, 2.05) is 18.3 Å². The molecule has 1 fully saturated rings. The molecule has 1 aliphatic rings. The SMILES string of the molecule is CC(/C=C/c1cccnc1)NCC(O)C1CCCCC1. The highest BCUT2D eigenvalue weighted by Gasteiger charge is 2.21. The lowest BCUT2D eigenvalue weighted by molar-refractivity contribution is 0.0831. The van der Waals surface area contributed by atoms with E-state index in [0.29, 0.717) is 12.5 Å². The molecule has 110 valence electrons. The van der Waals surface area contributed by atoms with Crippen molar-refractivity contribution in [3.05, 3.63) is 36.2 Å². The highest BCUT2D eigenvalue weighted by Crippen LogP contribution is 2.26. The molecule has 3 nitrogen and oxygen atoms in total. The minimum Gasteiger partial charge on any atom is -0.392 e. The lowest BCUT2D eigenvalue weighted by atomic mass is 9.85. The summed E-state index contributed by atoms with van der Waals surface area (Å²) in [6, 6.07) is 4.23. The third-order valence-corrected chi connectivity index (χ3v) is 4.10. The molecule has 2 unspecified atom stereocenters. The molecule has 1 heterocycles. The fourth-order valence-corrected chi connectivity index (χ4v) is 2.79. The Morgan fingerprint density at radius 3 is 2.90 bits per heavy atom. The molecule has 0 aliphatic heterocycles. The van der Waals surface area contributed by atoms with E-state index in [2.05, 4.69) is 29.4 Å². The second-order valence-electron chi connectivity index (χ2n) is 5.81. The maximum Gasteiger partial charge on any atom is 0.0692 e. The molecule has 0 saturated heterocycles. The minimum atomic E-state index is -0.204. The summed E-state index contributed by atoms with van der Waals surface area (Å²) in [4.78, 5) is 4.09. The average molecular weight is 274 g/mol. The van der Waals surface area contributed by atoms with Crippen LogP contribution in [0, 0.1) is 5.92 Å². The molecule has 0 aromatic carbocycles. The summed E-state index contributed by atoms with van der Waals surface area (Å²) in [6.07, 6.45) is 13.9. The maximum atomic E-state index is 10.2. The fraction of sp³-hybridized carbons (Fsp3) is 0.588. The van der Waals surface area contributed by atoms with Crippen molar-refractivity contribution >= 4 is 6.08 Å². The first-order chi connectivity index (χ1) is 9.75. The van der Waals surface area contributed by atoms with E-state index in [4.69, 9.17) is 0 Å². The van der Waals surface area contributed by atoms with Crippen LogP contribution in [0.5, 0.6) is 0 Å². The van der Waals surface area contributed by atoms with Crippen LogP contribution in [0.25, 0.3) is 6.08 Å². The van der Waals surface area contributed by atoms with Gasteiger partial charge in [0.25, 0.3) is 0 Å². The van der Waals surface area contributed by atoms with Gasteiger partial charge in [-0.1, -0.05) is 37.5 Å². The third-order valence-electron chi connectivity index (χ3n) is 4.10. The van der Waals surface area contributed by atoms with Gasteiger partial charge in [0, 0.05) is 25.0 Å². The third kappa shape index (κ3) is 5.06. The average Bonchev–Trinajstić information content (AvgIpc) is 2.52. The van der Waals surface area contributed by atoms with Crippen LogP contribution in [-0.2, 0) is 0 Å². The molecule has 1 aliphatic carbocycles. The van der Waals surface area contributed by atoms with Crippen LogP contribution in [0.4, 0.5) is 0 Å². The van der Waals surface area contributed by atoms with Crippen molar-refractivity contribution in [1.29, 1.82) is 0 Å². The summed E-state index contributed by atoms with van der Waals surface area (Å²) < 4.78 is 0. The first-order valence-electron chi connectivity index (χ1n) is 7.75. The molecule has 2 N–H and O–H groups in total. The van der Waals surface area contributed by atoms with E-state index >= 15 is 0 Å². The van der Waals surface area contributed by atoms with Crippen LogP contribution in [0.2, 0.25) is 0 Å². The fourth-order valence-electron chi connectivity index (χ4n) is 2.79. The number of pyridine rings is 1. The molecule has 0 radical (unpaired) electrons. The Balaban J connectivity index is 1.71. The van der Waals surface area contributed by atoms with Crippen LogP contribution in [-0.4, -0.2) is 28.8 Å². The summed E-state index contributed by atoms with van der Waals surface area (Å²) in [5, 5.41) is 13.6. The Bertz CT molecular complexity index is 399. The van der Waals surface area contributed by atoms with E-state index in [-0.39, 0.29) is 12.1 Å². The van der Waals surface area contributed by atoms with E-state index in [1.54, 1.807) is 6.20 Å². The number of hydrogen-bond acceptors (Lipinski definition) is 3. The zero-order chi connectivity index (χ0) is 14.2. The Hall–Kier alpha value is -1.19. The first-order valence-corrected chi connectivity index (χ1v) is 7.75. The summed E-state index contributed by atoms with van der Waals surface area (Å²) >= 11 is 0. The molecular formula is C17H26N2O. The standard InChI is InChI=1S/C17H26N2O/c1-14(9-10-15-6-5-11-18-12-15)19-13-17(20)16-7-3-2-4-8-16/h5-6,9-12,14,16-17,19-20H,2-4,7-8,13H2,1H3/b10-9+. The zero-order valence-corrected chi connectivity index (χ0v) is 12.3. The van der Waals surface area contributed by atoms with E-state index in [0.717, 1.165) is 5.56 Å². The van der Waals surface area contributed by atoms with Crippen molar-refractivity contribution in [2.45, 2.75) is 51.2 Å². The van der Waals surface area contributed by atoms with E-state index in [9.17, 15) is 5.11 Å². The van der Waals surface area contributed by atoms with Gasteiger partial charge in [-0.15, -0.1) is 0 Å². The Morgan fingerprint density at radius 2 is 2.20 bits per heavy atom. The first kappa shape index (κ1) is 15.2. The second-order valence-corrected chi connectivity index (χ2v) is 5.81. The molecule has 1 aromatic rings. The molecule has 1 saturated carbocycles. The second kappa shape index (κ2) is 8.18. The minimum absolute atomic E-state index is 0.204. The van der Waals surface area contributed by atoms with Crippen LogP contribution in [0.1, 0.15) is 44.6 Å². The number of rotatable bonds is 6. The smallest absolute Gasteiger partial charge is 0.0692 e. The summed E-state index contributed by atoms with van der Waals surface area (Å²) in [7, 11) is 0. The topological polar surface area (TPSA) is 45.2 Å². The van der Waals surface area contributed by atoms with Crippen molar-refractivity contribution in [2.75, 3.05) is 6.54 Å². The zero-order valence-electron chi connectivity index (χ0n) is 12.3. The number of aromatic nitrogens is 1. The summed E-state index contributed by atoms with van der Waals surface area (Å²) in [6.45, 7) is 2.80. The van der Waals surface area contributed by atoms with Gasteiger partial charge in [0.2, 0.25) is 0 Å². The highest BCUT2D eigenvalue weighted by molar-refractivity contribution is 5.47.